The number of carboxylic acid groups (broad SMARTS) is 1. The maximum Gasteiger partial charge on any atom is 0.308 e. The van der Waals surface area contributed by atoms with Crippen LogP contribution in [0.15, 0.2) is 36.4 Å². The third-order valence-corrected chi connectivity index (χ3v) is 1.84. The molecule has 0 aliphatic rings. The number of hydrogen-bond donors (Lipinski definition) is 3. The quantitative estimate of drug-likeness (QED) is 0.529. The van der Waals surface area contributed by atoms with Crippen molar-refractivity contribution in [2.45, 2.75) is 6.42 Å². The summed E-state index contributed by atoms with van der Waals surface area (Å²) in [7, 11) is 0. The third kappa shape index (κ3) is 3.13. The maximum absolute atomic E-state index is 11.4. The van der Waals surface area contributed by atoms with Crippen LogP contribution in [0.5, 0.6) is 5.75 Å². The van der Waals surface area contributed by atoms with Gasteiger partial charge in [0.15, 0.2) is 0 Å². The van der Waals surface area contributed by atoms with E-state index in [1.54, 1.807) is 12.1 Å². The maximum atomic E-state index is 11.4. The van der Waals surface area contributed by atoms with Crippen molar-refractivity contribution < 1.29 is 19.8 Å². The molecule has 0 spiro atoms. The van der Waals surface area contributed by atoms with Crippen molar-refractivity contribution >= 4 is 17.6 Å². The number of anilines is 1. The fraction of sp³-hybridized carbons (Fsp3) is 0.0909. The van der Waals surface area contributed by atoms with Crippen LogP contribution in [-0.2, 0) is 9.59 Å². The Morgan fingerprint density at radius 2 is 1.94 bits per heavy atom. The van der Waals surface area contributed by atoms with Crippen LogP contribution < -0.4 is 5.32 Å². The van der Waals surface area contributed by atoms with Gasteiger partial charge in [0.05, 0.1) is 12.1 Å². The van der Waals surface area contributed by atoms with E-state index in [9.17, 15) is 14.7 Å². The number of rotatable bonds is 4. The summed E-state index contributed by atoms with van der Waals surface area (Å²) in [5.74, 6) is -1.83. The molecule has 1 amide bonds. The number of aliphatic carboxylic acids is 1. The van der Waals surface area contributed by atoms with Crippen molar-refractivity contribution in [1.82, 2.24) is 0 Å². The molecular formula is C11H11NO4. The summed E-state index contributed by atoms with van der Waals surface area (Å²) in [5, 5.41) is 20.2. The SMILES string of the molecule is C=C(CC(=O)O)C(=O)Nc1ccccc1O. The standard InChI is InChI=1S/C11H11NO4/c1-7(6-10(14)15)11(16)12-8-4-2-3-5-9(8)13/h2-5,13H,1,6H2,(H,12,16)(H,14,15). The molecule has 0 unspecified atom stereocenters. The minimum absolute atomic E-state index is 0.0734. The van der Waals surface area contributed by atoms with Crippen LogP contribution in [0.3, 0.4) is 0 Å². The van der Waals surface area contributed by atoms with E-state index in [0.29, 0.717) is 0 Å². The van der Waals surface area contributed by atoms with Crippen molar-refractivity contribution in [3.05, 3.63) is 36.4 Å². The van der Waals surface area contributed by atoms with Crippen molar-refractivity contribution in [2.24, 2.45) is 0 Å². The monoisotopic (exact) mass is 221 g/mol. The fourth-order valence-electron chi connectivity index (χ4n) is 1.05. The van der Waals surface area contributed by atoms with Gasteiger partial charge < -0.3 is 15.5 Å². The van der Waals surface area contributed by atoms with Gasteiger partial charge in [-0.25, -0.2) is 0 Å². The summed E-state index contributed by atoms with van der Waals surface area (Å²) in [6.07, 6.45) is -0.431. The molecule has 0 aromatic heterocycles. The van der Waals surface area contributed by atoms with Crippen molar-refractivity contribution in [3.8, 4) is 5.75 Å². The Hall–Kier alpha value is -2.30. The molecule has 1 rings (SSSR count). The van der Waals surface area contributed by atoms with E-state index in [1.165, 1.54) is 12.1 Å². The number of benzene rings is 1. The Morgan fingerprint density at radius 3 is 2.50 bits per heavy atom. The van der Waals surface area contributed by atoms with Crippen LogP contribution in [0.1, 0.15) is 6.42 Å². The highest BCUT2D eigenvalue weighted by Crippen LogP contribution is 2.22. The van der Waals surface area contributed by atoms with E-state index in [0.717, 1.165) is 0 Å². The Morgan fingerprint density at radius 1 is 1.31 bits per heavy atom. The number of amides is 1. The molecular weight excluding hydrogens is 210 g/mol. The van der Waals surface area contributed by atoms with Crippen LogP contribution in [0.25, 0.3) is 0 Å². The average molecular weight is 221 g/mol. The summed E-state index contributed by atoms with van der Waals surface area (Å²) in [6.45, 7) is 3.35. The average Bonchev–Trinajstić information content (AvgIpc) is 2.20. The van der Waals surface area contributed by atoms with E-state index in [2.05, 4.69) is 11.9 Å². The molecule has 84 valence electrons. The predicted molar refractivity (Wildman–Crippen MR) is 58.1 cm³/mol. The molecule has 1 aromatic rings. The van der Waals surface area contributed by atoms with Gasteiger partial charge in [0.1, 0.15) is 5.75 Å². The lowest BCUT2D eigenvalue weighted by Gasteiger charge is -2.07. The molecule has 0 aliphatic heterocycles. The first-order valence-electron chi connectivity index (χ1n) is 4.49. The Balaban J connectivity index is 2.68. The highest BCUT2D eigenvalue weighted by molar-refractivity contribution is 6.06. The zero-order valence-corrected chi connectivity index (χ0v) is 8.43. The summed E-state index contributed by atoms with van der Waals surface area (Å²) in [4.78, 5) is 21.8. The van der Waals surface area contributed by atoms with Gasteiger partial charge in [-0.3, -0.25) is 9.59 Å². The summed E-state index contributed by atoms with van der Waals surface area (Å²) < 4.78 is 0. The third-order valence-electron chi connectivity index (χ3n) is 1.84. The smallest absolute Gasteiger partial charge is 0.308 e. The number of hydrogen-bond acceptors (Lipinski definition) is 3. The summed E-state index contributed by atoms with van der Waals surface area (Å²) >= 11 is 0. The largest absolute Gasteiger partial charge is 0.506 e. The van der Waals surface area contributed by atoms with Crippen LogP contribution in [0.2, 0.25) is 0 Å². The van der Waals surface area contributed by atoms with Gasteiger partial charge in [-0.05, 0) is 12.1 Å². The molecule has 0 saturated carbocycles. The zero-order valence-electron chi connectivity index (χ0n) is 8.43. The number of phenols is 1. The molecule has 5 heteroatoms. The first-order valence-corrected chi connectivity index (χ1v) is 4.49. The lowest BCUT2D eigenvalue weighted by atomic mass is 10.2. The lowest BCUT2D eigenvalue weighted by Crippen LogP contribution is -2.16. The second-order valence-electron chi connectivity index (χ2n) is 3.15. The highest BCUT2D eigenvalue weighted by Gasteiger charge is 2.12. The number of aromatic hydroxyl groups is 1. The minimum Gasteiger partial charge on any atom is -0.506 e. The van der Waals surface area contributed by atoms with Gasteiger partial charge in [-0.2, -0.15) is 0 Å². The lowest BCUT2D eigenvalue weighted by molar-refractivity contribution is -0.136. The van der Waals surface area contributed by atoms with Gasteiger partial charge >= 0.3 is 5.97 Å². The molecule has 0 radical (unpaired) electrons. The number of carboxylic acids is 1. The minimum atomic E-state index is -1.13. The van der Waals surface area contributed by atoms with E-state index in [4.69, 9.17) is 5.11 Å². The first-order chi connectivity index (χ1) is 7.50. The van der Waals surface area contributed by atoms with Crippen LogP contribution >= 0.6 is 0 Å². The van der Waals surface area contributed by atoms with E-state index >= 15 is 0 Å². The zero-order chi connectivity index (χ0) is 12.1. The molecule has 3 N–H and O–H groups in total. The van der Waals surface area contributed by atoms with E-state index < -0.39 is 18.3 Å². The number of carbonyl (C=O) groups is 2. The fourth-order valence-corrected chi connectivity index (χ4v) is 1.05. The predicted octanol–water partition coefficient (Wildman–Crippen LogP) is 1.36. The molecule has 0 bridgehead atoms. The number of nitrogens with one attached hydrogen (secondary N) is 1. The van der Waals surface area contributed by atoms with E-state index in [-0.39, 0.29) is 17.0 Å². The van der Waals surface area contributed by atoms with Gasteiger partial charge in [0.25, 0.3) is 5.91 Å². The van der Waals surface area contributed by atoms with Crippen molar-refractivity contribution in [3.63, 3.8) is 0 Å². The van der Waals surface area contributed by atoms with Crippen LogP contribution in [-0.4, -0.2) is 22.1 Å². The van der Waals surface area contributed by atoms with Crippen LogP contribution in [0.4, 0.5) is 5.69 Å². The molecule has 5 nitrogen and oxygen atoms in total. The Kier molecular flexibility index (Phi) is 3.66. The topological polar surface area (TPSA) is 86.6 Å². The van der Waals surface area contributed by atoms with Gasteiger partial charge in [-0.1, -0.05) is 18.7 Å². The van der Waals surface area contributed by atoms with Gasteiger partial charge in [-0.15, -0.1) is 0 Å². The molecule has 0 aliphatic carbocycles. The highest BCUT2D eigenvalue weighted by atomic mass is 16.4. The van der Waals surface area contributed by atoms with Crippen LogP contribution in [0, 0.1) is 0 Å². The summed E-state index contributed by atoms with van der Waals surface area (Å²) in [5.41, 5.74) is 0.148. The second kappa shape index (κ2) is 4.97. The molecule has 0 heterocycles. The first kappa shape index (κ1) is 11.8. The Bertz CT molecular complexity index is 439. The molecule has 0 fully saturated rings. The number of phenolic OH excluding ortho intramolecular Hbond substituents is 1. The van der Waals surface area contributed by atoms with Gasteiger partial charge in [0.2, 0.25) is 0 Å². The molecule has 1 aromatic carbocycles. The van der Waals surface area contributed by atoms with Crippen molar-refractivity contribution in [2.75, 3.05) is 5.32 Å². The summed E-state index contributed by atoms with van der Waals surface area (Å²) in [6, 6.07) is 6.16. The molecule has 16 heavy (non-hydrogen) atoms. The molecule has 0 saturated heterocycles. The number of carbonyl (C=O) groups excluding carboxylic acids is 1. The van der Waals surface area contributed by atoms with Crippen molar-refractivity contribution in [1.29, 1.82) is 0 Å². The molecule has 0 atom stereocenters. The second-order valence-corrected chi connectivity index (χ2v) is 3.15. The van der Waals surface area contributed by atoms with E-state index in [1.807, 2.05) is 0 Å². The van der Waals surface area contributed by atoms with Gasteiger partial charge in [0, 0.05) is 5.57 Å². The normalized spacial score (nSPS) is 9.50. The Labute approximate surface area is 92.0 Å². The number of para-hydroxylation sites is 2.